The minimum Gasteiger partial charge on any atom is -0.394 e. The predicted molar refractivity (Wildman–Crippen MR) is 153 cm³/mol. The molecular formula is C29H35F8NO5S2. The number of hydrogen-bond donors (Lipinski definition) is 2. The zero-order valence-corrected chi connectivity index (χ0v) is 26.0. The van der Waals surface area contributed by atoms with Crippen LogP contribution >= 0.6 is 0 Å². The van der Waals surface area contributed by atoms with E-state index in [0.717, 1.165) is 12.1 Å². The number of carbonyl (C=O) groups is 1. The van der Waals surface area contributed by atoms with Gasteiger partial charge < -0.3 is 15.1 Å². The van der Waals surface area contributed by atoms with E-state index < -0.39 is 69.1 Å². The smallest absolute Gasteiger partial charge is 0.394 e. The van der Waals surface area contributed by atoms with Crippen LogP contribution in [0.2, 0.25) is 0 Å². The Kier molecular flexibility index (Phi) is 13.7. The van der Waals surface area contributed by atoms with Crippen LogP contribution in [0.4, 0.5) is 35.1 Å². The molecule has 2 saturated heterocycles. The van der Waals surface area contributed by atoms with Crippen molar-refractivity contribution in [3.8, 4) is 0 Å². The first-order valence-electron chi connectivity index (χ1n) is 13.9. The van der Waals surface area contributed by atoms with Gasteiger partial charge in [0.05, 0.1) is 34.2 Å². The van der Waals surface area contributed by atoms with Crippen LogP contribution in [-0.2, 0) is 32.1 Å². The summed E-state index contributed by atoms with van der Waals surface area (Å²) in [5.74, 6) is -0.0173. The average Bonchev–Trinajstić information content (AvgIpc) is 3.51. The first kappa shape index (κ1) is 38.8. The van der Waals surface area contributed by atoms with Gasteiger partial charge in [-0.1, -0.05) is 44.2 Å². The first-order chi connectivity index (χ1) is 21.0. The number of benzene rings is 2. The lowest BCUT2D eigenvalue weighted by atomic mass is 9.75. The molecule has 0 aromatic heterocycles. The lowest BCUT2D eigenvalue weighted by molar-refractivity contribution is -0.348. The van der Waals surface area contributed by atoms with E-state index in [0.29, 0.717) is 41.5 Å². The van der Waals surface area contributed by atoms with E-state index in [4.69, 9.17) is 0 Å². The lowest BCUT2D eigenvalue weighted by Crippen LogP contribution is -2.54. The molecule has 0 aliphatic carbocycles. The van der Waals surface area contributed by atoms with Gasteiger partial charge in [0, 0.05) is 45.9 Å². The summed E-state index contributed by atoms with van der Waals surface area (Å²) < 4.78 is 124. The maximum atomic E-state index is 13.3. The monoisotopic (exact) mass is 693 g/mol. The van der Waals surface area contributed by atoms with E-state index in [2.05, 4.69) is 0 Å². The number of aliphatic hydroxyl groups is 2. The van der Waals surface area contributed by atoms with Crippen molar-refractivity contribution in [2.45, 2.75) is 67.4 Å². The third kappa shape index (κ3) is 8.69. The van der Waals surface area contributed by atoms with Crippen LogP contribution in [0, 0.1) is 11.2 Å². The zero-order chi connectivity index (χ0) is 34.2. The predicted octanol–water partition coefficient (Wildman–Crippen LogP) is 5.42. The molecule has 2 N–H and O–H groups in total. The number of nitrogens with zero attached hydrogens (tertiary/aromatic N) is 1. The Morgan fingerprint density at radius 3 is 1.96 bits per heavy atom. The molecule has 0 radical (unpaired) electrons. The molecule has 2 fully saturated rings. The number of aliphatic hydroxyl groups excluding tert-OH is 2. The van der Waals surface area contributed by atoms with Crippen LogP contribution in [0.25, 0.3) is 0 Å². The average molecular weight is 694 g/mol. The lowest BCUT2D eigenvalue weighted by Gasteiger charge is -2.41. The number of amides is 1. The summed E-state index contributed by atoms with van der Waals surface area (Å²) in [5.41, 5.74) is -7.94. The van der Waals surface area contributed by atoms with Gasteiger partial charge in [0.25, 0.3) is 0 Å². The molecule has 2 aromatic rings. The van der Waals surface area contributed by atoms with Gasteiger partial charge in [0.15, 0.2) is 0 Å². The molecule has 16 heteroatoms. The summed E-state index contributed by atoms with van der Waals surface area (Å²) in [4.78, 5) is 15.3. The summed E-state index contributed by atoms with van der Waals surface area (Å²) in [6, 6.07) is 9.40. The number of alkyl halides is 7. The van der Waals surface area contributed by atoms with Gasteiger partial charge >= 0.3 is 18.0 Å². The second kappa shape index (κ2) is 15.9. The second-order valence-corrected chi connectivity index (χ2v) is 13.6. The van der Waals surface area contributed by atoms with Crippen LogP contribution < -0.4 is 0 Å². The fourth-order valence-corrected chi connectivity index (χ4v) is 7.81. The molecule has 6 nitrogen and oxygen atoms in total. The van der Waals surface area contributed by atoms with Crippen molar-refractivity contribution in [2.75, 3.05) is 31.2 Å². The van der Waals surface area contributed by atoms with Crippen LogP contribution in [0.3, 0.4) is 0 Å². The Hall–Kier alpha value is -2.43. The molecule has 45 heavy (non-hydrogen) atoms. The van der Waals surface area contributed by atoms with Crippen LogP contribution in [0.1, 0.15) is 38.7 Å². The highest BCUT2D eigenvalue weighted by Gasteiger charge is 2.73. The van der Waals surface area contributed by atoms with Gasteiger partial charge in [0.1, 0.15) is 5.82 Å². The molecule has 0 spiro atoms. The van der Waals surface area contributed by atoms with Crippen LogP contribution in [-0.4, -0.2) is 84.3 Å². The number of carbonyl (C=O) groups excluding carboxylic acids is 1. The molecule has 3 atom stereocenters. The molecular weight excluding hydrogens is 658 g/mol. The first-order valence-corrected chi connectivity index (χ1v) is 16.7. The highest BCUT2D eigenvalue weighted by Crippen LogP contribution is 2.53. The molecule has 0 saturated carbocycles. The fraction of sp³-hybridized carbons (Fsp3) is 0.552. The van der Waals surface area contributed by atoms with E-state index in [1.54, 1.807) is 4.90 Å². The maximum Gasteiger partial charge on any atom is 0.435 e. The van der Waals surface area contributed by atoms with Gasteiger partial charge in [-0.3, -0.25) is 13.2 Å². The summed E-state index contributed by atoms with van der Waals surface area (Å²) in [5, 5.41) is 19.5. The van der Waals surface area contributed by atoms with Gasteiger partial charge in [-0.15, -0.1) is 0 Å². The number of halogens is 8. The van der Waals surface area contributed by atoms with Crippen molar-refractivity contribution in [1.82, 2.24) is 4.90 Å². The van der Waals surface area contributed by atoms with Crippen molar-refractivity contribution >= 4 is 27.5 Å². The SMILES string of the molecule is CC.FC(F)(F)C(F)(c1ccccc1)C(F)(F)F.O=C(N1CCC(S(=O)c2ccc(F)cc2)C1)C1(C(O)CO)CCS(=O)CC1. The van der Waals surface area contributed by atoms with E-state index in [-0.39, 0.29) is 30.5 Å². The summed E-state index contributed by atoms with van der Waals surface area (Å²) in [6.07, 6.45) is -12.2. The van der Waals surface area contributed by atoms with Crippen LogP contribution in [0.15, 0.2) is 59.5 Å². The molecule has 2 heterocycles. The molecule has 2 aromatic carbocycles. The Bertz CT molecular complexity index is 1270. The standard InChI is InChI=1S/C18H24FNO5S2.C9H5F7.C2H6/c19-13-1-3-14(4-2-13)27(25)15-5-8-20(11-15)17(23)18(16(22)12-21)6-9-26(24)10-7-18;10-7(8(11,12)13,9(14,15)16)6-4-2-1-3-5-6;1-2/h1-4,15-16,21-22H,5-12H2;1-5H;1-2H3. The van der Waals surface area contributed by atoms with Crippen LogP contribution in [0.5, 0.6) is 0 Å². The Morgan fingerprint density at radius 2 is 1.49 bits per heavy atom. The zero-order valence-electron chi connectivity index (χ0n) is 24.4. The van der Waals surface area contributed by atoms with Crippen molar-refractivity contribution in [2.24, 2.45) is 5.41 Å². The molecule has 2 aliphatic rings. The van der Waals surface area contributed by atoms with Gasteiger partial charge in [-0.2, -0.15) is 26.3 Å². The number of rotatable bonds is 6. The third-order valence-electron chi connectivity index (χ3n) is 7.52. The molecule has 254 valence electrons. The fourth-order valence-electron chi connectivity index (χ4n) is 5.00. The van der Waals surface area contributed by atoms with E-state index in [1.165, 1.54) is 30.3 Å². The van der Waals surface area contributed by atoms with Gasteiger partial charge in [-0.05, 0) is 43.5 Å². The van der Waals surface area contributed by atoms with Crippen molar-refractivity contribution in [3.05, 3.63) is 66.0 Å². The topological polar surface area (TPSA) is 94.9 Å². The van der Waals surface area contributed by atoms with E-state index in [9.17, 15) is 58.5 Å². The largest absolute Gasteiger partial charge is 0.435 e. The third-order valence-corrected chi connectivity index (χ3v) is 10.6. The minimum atomic E-state index is -6.05. The quantitative estimate of drug-likeness (QED) is 0.395. The molecule has 0 bridgehead atoms. The second-order valence-electron chi connectivity index (χ2n) is 10.1. The molecule has 2 aliphatic heterocycles. The number of hydrogen-bond acceptors (Lipinski definition) is 5. The maximum absolute atomic E-state index is 13.3. The normalized spacial score (nSPS) is 23.6. The Labute approximate surface area is 260 Å². The molecule has 4 rings (SSSR count). The summed E-state index contributed by atoms with van der Waals surface area (Å²) in [6.45, 7) is 4.17. The summed E-state index contributed by atoms with van der Waals surface area (Å²) >= 11 is 0. The van der Waals surface area contributed by atoms with E-state index >= 15 is 0 Å². The Morgan fingerprint density at radius 1 is 0.978 bits per heavy atom. The van der Waals surface area contributed by atoms with Crippen molar-refractivity contribution in [3.63, 3.8) is 0 Å². The van der Waals surface area contributed by atoms with Crippen molar-refractivity contribution < 1.29 is 58.5 Å². The Balaban J connectivity index is 0.000000335. The highest BCUT2D eigenvalue weighted by molar-refractivity contribution is 7.85. The van der Waals surface area contributed by atoms with Gasteiger partial charge in [-0.25, -0.2) is 8.78 Å². The molecule has 1 amide bonds. The number of likely N-dealkylation sites (tertiary alicyclic amines) is 1. The highest BCUT2D eigenvalue weighted by atomic mass is 32.2. The summed E-state index contributed by atoms with van der Waals surface area (Å²) in [7, 11) is -2.37. The molecule has 3 unspecified atom stereocenters. The minimum absolute atomic E-state index is 0.263. The van der Waals surface area contributed by atoms with Crippen molar-refractivity contribution in [1.29, 1.82) is 0 Å². The van der Waals surface area contributed by atoms with E-state index in [1.807, 2.05) is 13.8 Å². The van der Waals surface area contributed by atoms with Gasteiger partial charge in [0.2, 0.25) is 5.91 Å².